The van der Waals surface area contributed by atoms with Crippen molar-refractivity contribution in [2.24, 2.45) is 0 Å². The largest absolute Gasteiger partial charge is 0.497 e. The molecule has 2 aromatic carbocycles. The first-order valence-electron chi connectivity index (χ1n) is 9.63. The van der Waals surface area contributed by atoms with E-state index in [0.717, 1.165) is 31.9 Å². The summed E-state index contributed by atoms with van der Waals surface area (Å²) < 4.78 is 5.21. The maximum Gasteiger partial charge on any atom is 0.282 e. The van der Waals surface area contributed by atoms with E-state index in [4.69, 9.17) is 4.74 Å². The molecule has 6 heteroatoms. The van der Waals surface area contributed by atoms with Gasteiger partial charge in [0.15, 0.2) is 11.8 Å². The Morgan fingerprint density at radius 1 is 1.11 bits per heavy atom. The summed E-state index contributed by atoms with van der Waals surface area (Å²) in [6, 6.07) is 15.0. The SMILES string of the molecule is COc1ccc(N2CC[NH+]([C@H](C)C(=O)Nc3cccc(C(C)=O)c3)CC2)cc1. The first kappa shape index (κ1) is 19.9. The molecule has 0 radical (unpaired) electrons. The van der Waals surface area contributed by atoms with Crippen molar-refractivity contribution in [1.82, 2.24) is 0 Å². The van der Waals surface area contributed by atoms with E-state index in [1.165, 1.54) is 17.5 Å². The van der Waals surface area contributed by atoms with Crippen LogP contribution in [0.25, 0.3) is 0 Å². The maximum absolute atomic E-state index is 12.7. The summed E-state index contributed by atoms with van der Waals surface area (Å²) in [6.45, 7) is 7.08. The number of methoxy groups -OCH3 is 1. The Labute approximate surface area is 166 Å². The molecule has 0 aliphatic carbocycles. The molecule has 1 atom stereocenters. The number of carbonyl (C=O) groups excluding carboxylic acids is 2. The Hall–Kier alpha value is -2.86. The number of nitrogens with one attached hydrogen (secondary N) is 2. The first-order chi connectivity index (χ1) is 13.5. The van der Waals surface area contributed by atoms with Crippen LogP contribution in [0.1, 0.15) is 24.2 Å². The van der Waals surface area contributed by atoms with E-state index in [1.807, 2.05) is 25.1 Å². The fourth-order valence-electron chi connectivity index (χ4n) is 3.53. The van der Waals surface area contributed by atoms with Crippen molar-refractivity contribution in [2.45, 2.75) is 19.9 Å². The number of carbonyl (C=O) groups is 2. The molecular weight excluding hydrogens is 354 g/mol. The average molecular weight is 382 g/mol. The molecule has 6 nitrogen and oxygen atoms in total. The highest BCUT2D eigenvalue weighted by Crippen LogP contribution is 2.19. The van der Waals surface area contributed by atoms with Crippen LogP contribution < -0.4 is 19.9 Å². The van der Waals surface area contributed by atoms with Crippen molar-refractivity contribution in [3.63, 3.8) is 0 Å². The number of nitrogens with zero attached hydrogens (tertiary/aromatic N) is 1. The summed E-state index contributed by atoms with van der Waals surface area (Å²) in [7, 11) is 1.67. The molecule has 3 rings (SSSR count). The second-order valence-corrected chi connectivity index (χ2v) is 7.19. The number of hydrogen-bond donors (Lipinski definition) is 2. The summed E-state index contributed by atoms with van der Waals surface area (Å²) in [5, 5.41) is 2.95. The van der Waals surface area contributed by atoms with Crippen molar-refractivity contribution in [3.8, 4) is 5.75 Å². The molecule has 0 unspecified atom stereocenters. The number of quaternary nitrogens is 1. The zero-order chi connectivity index (χ0) is 20.1. The van der Waals surface area contributed by atoms with E-state index in [1.54, 1.807) is 25.3 Å². The van der Waals surface area contributed by atoms with Gasteiger partial charge in [0.25, 0.3) is 5.91 Å². The normalized spacial score (nSPS) is 15.8. The van der Waals surface area contributed by atoms with Gasteiger partial charge < -0.3 is 19.9 Å². The number of Topliss-reactive ketones (excluding diaryl/α,β-unsaturated/α-hetero) is 1. The van der Waals surface area contributed by atoms with Crippen molar-refractivity contribution in [1.29, 1.82) is 0 Å². The highest BCUT2D eigenvalue weighted by atomic mass is 16.5. The second-order valence-electron chi connectivity index (χ2n) is 7.19. The highest BCUT2D eigenvalue weighted by molar-refractivity contribution is 5.97. The van der Waals surface area contributed by atoms with Crippen LogP contribution in [0.2, 0.25) is 0 Å². The standard InChI is InChI=1S/C22H27N3O3/c1-16(22(27)23-19-6-4-5-18(15-19)17(2)26)24-11-13-25(14-12-24)20-7-9-21(28-3)10-8-20/h4-10,15-16H,11-14H2,1-3H3,(H,23,27)/p+1/t16-/m1/s1. The van der Waals surface area contributed by atoms with Gasteiger partial charge in [-0.3, -0.25) is 9.59 Å². The van der Waals surface area contributed by atoms with Gasteiger partial charge in [-0.2, -0.15) is 0 Å². The van der Waals surface area contributed by atoms with Gasteiger partial charge >= 0.3 is 0 Å². The molecule has 1 fully saturated rings. The van der Waals surface area contributed by atoms with Crippen LogP contribution in [0.15, 0.2) is 48.5 Å². The van der Waals surface area contributed by atoms with Crippen LogP contribution in [0.5, 0.6) is 5.75 Å². The number of ether oxygens (including phenoxy) is 1. The summed E-state index contributed by atoms with van der Waals surface area (Å²) in [4.78, 5) is 27.8. The third kappa shape index (κ3) is 4.70. The lowest BCUT2D eigenvalue weighted by Crippen LogP contribution is -3.19. The number of benzene rings is 2. The van der Waals surface area contributed by atoms with Crippen LogP contribution in [0, 0.1) is 0 Å². The molecule has 0 bridgehead atoms. The molecule has 0 aromatic heterocycles. The zero-order valence-electron chi connectivity index (χ0n) is 16.7. The van der Waals surface area contributed by atoms with E-state index in [-0.39, 0.29) is 17.7 Å². The zero-order valence-corrected chi connectivity index (χ0v) is 16.7. The van der Waals surface area contributed by atoms with Gasteiger partial charge in [-0.15, -0.1) is 0 Å². The molecule has 2 aromatic rings. The van der Waals surface area contributed by atoms with Crippen LogP contribution in [0.3, 0.4) is 0 Å². The first-order valence-corrected chi connectivity index (χ1v) is 9.63. The number of amides is 1. The molecular formula is C22H28N3O3+. The smallest absolute Gasteiger partial charge is 0.282 e. The summed E-state index contributed by atoms with van der Waals surface area (Å²) in [5.41, 5.74) is 2.45. The van der Waals surface area contributed by atoms with Crippen LogP contribution in [-0.2, 0) is 4.79 Å². The fraction of sp³-hybridized carbons (Fsp3) is 0.364. The number of ketones is 1. The van der Waals surface area contributed by atoms with E-state index < -0.39 is 0 Å². The Balaban J connectivity index is 1.55. The predicted octanol–water partition coefficient (Wildman–Crippen LogP) is 1.63. The Morgan fingerprint density at radius 3 is 2.39 bits per heavy atom. The molecule has 1 amide bonds. The topological polar surface area (TPSA) is 63.1 Å². The van der Waals surface area contributed by atoms with Crippen LogP contribution in [-0.4, -0.2) is 51.0 Å². The van der Waals surface area contributed by atoms with Gasteiger partial charge in [0.1, 0.15) is 5.75 Å². The lowest BCUT2D eigenvalue weighted by molar-refractivity contribution is -0.914. The molecule has 148 valence electrons. The van der Waals surface area contributed by atoms with E-state index in [0.29, 0.717) is 11.3 Å². The molecule has 1 heterocycles. The van der Waals surface area contributed by atoms with Gasteiger partial charge in [0.2, 0.25) is 0 Å². The Kier molecular flexibility index (Phi) is 6.31. The molecule has 28 heavy (non-hydrogen) atoms. The van der Waals surface area contributed by atoms with Crippen LogP contribution in [0.4, 0.5) is 11.4 Å². The lowest BCUT2D eigenvalue weighted by Gasteiger charge is -2.36. The molecule has 1 aliphatic heterocycles. The predicted molar refractivity (Wildman–Crippen MR) is 110 cm³/mol. The van der Waals surface area contributed by atoms with E-state index >= 15 is 0 Å². The van der Waals surface area contributed by atoms with Gasteiger partial charge in [0, 0.05) is 16.9 Å². The average Bonchev–Trinajstić information content (AvgIpc) is 2.73. The third-order valence-corrected chi connectivity index (χ3v) is 5.39. The molecule has 1 aliphatic rings. The van der Waals surface area contributed by atoms with Crippen LogP contribution >= 0.6 is 0 Å². The number of anilines is 2. The minimum Gasteiger partial charge on any atom is -0.497 e. The number of rotatable bonds is 6. The van der Waals surface area contributed by atoms with Crippen molar-refractivity contribution in [3.05, 3.63) is 54.1 Å². The minimum atomic E-state index is -0.154. The lowest BCUT2D eigenvalue weighted by atomic mass is 10.1. The summed E-state index contributed by atoms with van der Waals surface area (Å²) in [5.74, 6) is 0.824. The van der Waals surface area contributed by atoms with E-state index in [9.17, 15) is 9.59 Å². The Bertz CT molecular complexity index is 827. The molecule has 2 N–H and O–H groups in total. The highest BCUT2D eigenvalue weighted by Gasteiger charge is 2.29. The third-order valence-electron chi connectivity index (χ3n) is 5.39. The minimum absolute atomic E-state index is 0.00979. The quantitative estimate of drug-likeness (QED) is 0.746. The second kappa shape index (κ2) is 8.89. The molecule has 1 saturated heterocycles. The van der Waals surface area contributed by atoms with Gasteiger partial charge in [0.05, 0.1) is 33.3 Å². The maximum atomic E-state index is 12.7. The molecule has 0 saturated carbocycles. The summed E-state index contributed by atoms with van der Waals surface area (Å²) in [6.07, 6.45) is 0. The summed E-state index contributed by atoms with van der Waals surface area (Å²) >= 11 is 0. The van der Waals surface area contributed by atoms with Crippen molar-refractivity contribution in [2.75, 3.05) is 43.5 Å². The van der Waals surface area contributed by atoms with Gasteiger partial charge in [-0.25, -0.2) is 0 Å². The number of piperazine rings is 1. The monoisotopic (exact) mass is 382 g/mol. The Morgan fingerprint density at radius 2 is 1.79 bits per heavy atom. The number of hydrogen-bond acceptors (Lipinski definition) is 4. The van der Waals surface area contributed by atoms with Gasteiger partial charge in [-0.1, -0.05) is 12.1 Å². The fourth-order valence-corrected chi connectivity index (χ4v) is 3.53. The molecule has 0 spiro atoms. The van der Waals surface area contributed by atoms with E-state index in [2.05, 4.69) is 22.3 Å². The van der Waals surface area contributed by atoms with Crippen molar-refractivity contribution < 1.29 is 19.2 Å². The van der Waals surface area contributed by atoms with Gasteiger partial charge in [-0.05, 0) is 50.2 Å². The van der Waals surface area contributed by atoms with Crippen molar-refractivity contribution >= 4 is 23.1 Å².